The van der Waals surface area contributed by atoms with Crippen molar-refractivity contribution < 1.29 is 14.3 Å². The molecule has 2 aromatic rings. The topological polar surface area (TPSA) is 90.3 Å². The number of aromatic nitrogens is 2. The van der Waals surface area contributed by atoms with Crippen LogP contribution in [0.3, 0.4) is 0 Å². The average Bonchev–Trinajstić information content (AvgIpc) is 2.67. The molecule has 3 rings (SSSR count). The molecule has 1 aromatic carbocycles. The Morgan fingerprint density at radius 3 is 2.89 bits per heavy atom. The summed E-state index contributed by atoms with van der Waals surface area (Å²) in [6.07, 6.45) is 5.58. The third-order valence-electron chi connectivity index (χ3n) is 4.88. The normalized spacial score (nSPS) is 15.0. The predicted molar refractivity (Wildman–Crippen MR) is 106 cm³/mol. The molecule has 0 fully saturated rings. The third-order valence-corrected chi connectivity index (χ3v) is 4.88. The Kier molecular flexibility index (Phi) is 6.23. The molecule has 0 bridgehead atoms. The minimum absolute atomic E-state index is 0.0704. The summed E-state index contributed by atoms with van der Waals surface area (Å²) in [5, 5.41) is 3.06. The maximum Gasteiger partial charge on any atom is 0.338 e. The lowest BCUT2D eigenvalue weighted by Crippen LogP contribution is -2.35. The van der Waals surface area contributed by atoms with Gasteiger partial charge in [-0.05, 0) is 38.0 Å². The van der Waals surface area contributed by atoms with Crippen LogP contribution < -0.4 is 10.9 Å². The van der Waals surface area contributed by atoms with Crippen LogP contribution in [0.5, 0.6) is 0 Å². The van der Waals surface area contributed by atoms with Gasteiger partial charge in [0, 0.05) is 19.5 Å². The number of ether oxygens (including phenoxy) is 1. The molecule has 0 aliphatic carbocycles. The van der Waals surface area contributed by atoms with Crippen LogP contribution in [-0.2, 0) is 22.5 Å². The molecular weight excluding hydrogens is 358 g/mol. The first kappa shape index (κ1) is 19.8. The van der Waals surface area contributed by atoms with Crippen LogP contribution in [0.4, 0.5) is 0 Å². The van der Waals surface area contributed by atoms with Crippen molar-refractivity contribution in [1.29, 1.82) is 0 Å². The maximum atomic E-state index is 12.8. The van der Waals surface area contributed by atoms with E-state index in [1.165, 1.54) is 13.0 Å². The summed E-state index contributed by atoms with van der Waals surface area (Å²) in [6.45, 7) is 6.01. The summed E-state index contributed by atoms with van der Waals surface area (Å²) in [5.74, 6) is -0.261. The van der Waals surface area contributed by atoms with Gasteiger partial charge in [-0.2, -0.15) is 0 Å². The molecule has 1 unspecified atom stereocenters. The average molecular weight is 383 g/mol. The van der Waals surface area contributed by atoms with Crippen molar-refractivity contribution in [3.05, 3.63) is 52.6 Å². The Hall–Kier alpha value is -2.96. The molecule has 148 valence electrons. The van der Waals surface area contributed by atoms with Crippen molar-refractivity contribution in [3.8, 4) is 0 Å². The fraction of sp³-hybridized carbons (Fsp3) is 0.429. The predicted octanol–water partition coefficient (Wildman–Crippen LogP) is 2.36. The molecule has 7 nitrogen and oxygen atoms in total. The van der Waals surface area contributed by atoms with Crippen molar-refractivity contribution in [2.45, 2.75) is 51.7 Å². The zero-order valence-electron chi connectivity index (χ0n) is 16.1. The lowest BCUT2D eigenvalue weighted by molar-refractivity contribution is -0.128. The molecule has 0 radical (unpaired) electrons. The van der Waals surface area contributed by atoms with Crippen LogP contribution >= 0.6 is 0 Å². The number of carbonyl (C=O) groups excluding carboxylic acids is 2. The van der Waals surface area contributed by atoms with Gasteiger partial charge in [0.1, 0.15) is 5.82 Å². The van der Waals surface area contributed by atoms with Gasteiger partial charge in [-0.25, -0.2) is 9.78 Å². The second-order valence-electron chi connectivity index (χ2n) is 6.96. The zero-order valence-corrected chi connectivity index (χ0v) is 16.1. The minimum Gasteiger partial charge on any atom is -0.449 e. The molecule has 2 heterocycles. The Balaban J connectivity index is 1.86. The summed E-state index contributed by atoms with van der Waals surface area (Å²) in [6, 6.07) is 4.71. The number of benzene rings is 1. The molecule has 1 aliphatic rings. The van der Waals surface area contributed by atoms with E-state index in [4.69, 9.17) is 4.74 Å². The molecule has 1 aliphatic heterocycles. The van der Waals surface area contributed by atoms with Crippen LogP contribution in [0.1, 0.15) is 48.8 Å². The van der Waals surface area contributed by atoms with E-state index in [0.29, 0.717) is 24.0 Å². The molecule has 0 saturated carbocycles. The highest BCUT2D eigenvalue weighted by Gasteiger charge is 2.20. The summed E-state index contributed by atoms with van der Waals surface area (Å²) >= 11 is 0. The van der Waals surface area contributed by atoms with Gasteiger partial charge in [-0.15, -0.1) is 6.58 Å². The Labute approximate surface area is 163 Å². The van der Waals surface area contributed by atoms with Gasteiger partial charge in [-0.3, -0.25) is 14.2 Å². The quantitative estimate of drug-likeness (QED) is 0.632. The number of nitrogens with one attached hydrogen (secondary N) is 1. The molecule has 28 heavy (non-hydrogen) atoms. The van der Waals surface area contributed by atoms with Gasteiger partial charge in [0.25, 0.3) is 11.5 Å². The van der Waals surface area contributed by atoms with Crippen LogP contribution in [-0.4, -0.2) is 34.1 Å². The monoisotopic (exact) mass is 383 g/mol. The van der Waals surface area contributed by atoms with Gasteiger partial charge in [-0.1, -0.05) is 18.9 Å². The van der Waals surface area contributed by atoms with E-state index in [1.807, 2.05) is 0 Å². The highest BCUT2D eigenvalue weighted by atomic mass is 16.5. The SMILES string of the molecule is C=CCNC(=O)C(C)OC(=O)c1ccc2c(=O)n3c(nc2c1)CCCCCC3. The Morgan fingerprint density at radius 1 is 1.32 bits per heavy atom. The molecule has 1 amide bonds. The number of fused-ring (bicyclic) bond motifs is 2. The van der Waals surface area contributed by atoms with Gasteiger partial charge in [0.15, 0.2) is 6.10 Å². The van der Waals surface area contributed by atoms with E-state index in [2.05, 4.69) is 16.9 Å². The number of carbonyl (C=O) groups is 2. The van der Waals surface area contributed by atoms with Crippen molar-refractivity contribution in [3.63, 3.8) is 0 Å². The van der Waals surface area contributed by atoms with Crippen LogP contribution in [0.25, 0.3) is 10.9 Å². The van der Waals surface area contributed by atoms with Crippen LogP contribution in [0, 0.1) is 0 Å². The molecule has 0 saturated heterocycles. The molecule has 1 aromatic heterocycles. The zero-order chi connectivity index (χ0) is 20.1. The summed E-state index contributed by atoms with van der Waals surface area (Å²) in [5.41, 5.74) is 0.674. The van der Waals surface area contributed by atoms with E-state index in [9.17, 15) is 14.4 Å². The summed E-state index contributed by atoms with van der Waals surface area (Å²) in [4.78, 5) is 41.7. The lowest BCUT2D eigenvalue weighted by atomic mass is 10.1. The number of hydrogen-bond donors (Lipinski definition) is 1. The first-order valence-corrected chi connectivity index (χ1v) is 9.64. The van der Waals surface area contributed by atoms with E-state index in [0.717, 1.165) is 37.9 Å². The van der Waals surface area contributed by atoms with Crippen LogP contribution in [0.15, 0.2) is 35.6 Å². The van der Waals surface area contributed by atoms with E-state index in [1.54, 1.807) is 22.8 Å². The number of esters is 1. The highest BCUT2D eigenvalue weighted by molar-refractivity contribution is 5.95. The fourth-order valence-corrected chi connectivity index (χ4v) is 3.32. The summed E-state index contributed by atoms with van der Waals surface area (Å²) < 4.78 is 6.98. The van der Waals surface area contributed by atoms with E-state index in [-0.39, 0.29) is 11.1 Å². The van der Waals surface area contributed by atoms with Crippen LogP contribution in [0.2, 0.25) is 0 Å². The smallest absolute Gasteiger partial charge is 0.338 e. The molecule has 7 heteroatoms. The van der Waals surface area contributed by atoms with E-state index >= 15 is 0 Å². The largest absolute Gasteiger partial charge is 0.449 e. The maximum absolute atomic E-state index is 12.8. The molecule has 1 atom stereocenters. The Morgan fingerprint density at radius 2 is 2.11 bits per heavy atom. The van der Waals surface area contributed by atoms with Crippen molar-refractivity contribution in [2.24, 2.45) is 0 Å². The number of hydrogen-bond acceptors (Lipinski definition) is 5. The van der Waals surface area contributed by atoms with Gasteiger partial charge >= 0.3 is 5.97 Å². The first-order chi connectivity index (χ1) is 13.5. The highest BCUT2D eigenvalue weighted by Crippen LogP contribution is 2.17. The van der Waals surface area contributed by atoms with Gasteiger partial charge in [0.05, 0.1) is 16.5 Å². The van der Waals surface area contributed by atoms with Crippen molar-refractivity contribution in [1.82, 2.24) is 14.9 Å². The second-order valence-corrected chi connectivity index (χ2v) is 6.96. The lowest BCUT2D eigenvalue weighted by Gasteiger charge is -2.16. The minimum atomic E-state index is -0.933. The third kappa shape index (κ3) is 4.30. The summed E-state index contributed by atoms with van der Waals surface area (Å²) in [7, 11) is 0. The number of amides is 1. The number of nitrogens with zero attached hydrogens (tertiary/aromatic N) is 2. The number of rotatable bonds is 5. The van der Waals surface area contributed by atoms with Crippen molar-refractivity contribution >= 4 is 22.8 Å². The molecule has 1 N–H and O–H groups in total. The van der Waals surface area contributed by atoms with E-state index < -0.39 is 18.0 Å². The molecular formula is C21H25N3O4. The molecule has 0 spiro atoms. The van der Waals surface area contributed by atoms with Gasteiger partial charge in [0.2, 0.25) is 0 Å². The first-order valence-electron chi connectivity index (χ1n) is 9.64. The Bertz CT molecular complexity index is 964. The second kappa shape index (κ2) is 8.82. The van der Waals surface area contributed by atoms with Crippen molar-refractivity contribution in [2.75, 3.05) is 6.54 Å². The fourth-order valence-electron chi connectivity index (χ4n) is 3.32. The van der Waals surface area contributed by atoms with Gasteiger partial charge < -0.3 is 10.1 Å². The number of aryl methyl sites for hydroxylation is 1. The standard InChI is InChI=1S/C21H25N3O4/c1-3-11-22-19(25)14(2)28-21(27)15-9-10-16-17(13-15)23-18-8-6-4-5-7-12-24(18)20(16)26/h3,9-10,13-14H,1,4-8,11-12H2,2H3,(H,22,25).